The number of ketones is 1. The van der Waals surface area contributed by atoms with Gasteiger partial charge < -0.3 is 14.2 Å². The molecule has 4 bridgehead atoms. The van der Waals surface area contributed by atoms with E-state index < -0.39 is 5.60 Å². The molecule has 2 saturated carbocycles. The number of Topliss-reactive ketones (excluding diaryl/α,β-unsaturated/α-hetero) is 1. The fourth-order valence-electron chi connectivity index (χ4n) is 8.46. The zero-order chi connectivity index (χ0) is 22.8. The molecule has 6 atom stereocenters. The molecule has 6 heteroatoms. The van der Waals surface area contributed by atoms with Crippen LogP contribution in [0.25, 0.3) is 0 Å². The summed E-state index contributed by atoms with van der Waals surface area (Å²) in [7, 11) is 1.71. The smallest absolute Gasteiger partial charge is 0.308 e. The molecule has 174 valence electrons. The number of piperidine rings is 1. The molecule has 7 aliphatic rings. The number of likely N-dealkylation sites (tertiary alicyclic amines) is 1. The van der Waals surface area contributed by atoms with Crippen LogP contribution in [0.2, 0.25) is 0 Å². The Morgan fingerprint density at radius 2 is 2.03 bits per heavy atom. The van der Waals surface area contributed by atoms with Crippen molar-refractivity contribution in [2.45, 2.75) is 69.1 Å². The number of esters is 1. The van der Waals surface area contributed by atoms with Crippen LogP contribution in [-0.2, 0) is 26.2 Å². The second-order valence-electron chi connectivity index (χ2n) is 11.2. The van der Waals surface area contributed by atoms with Crippen molar-refractivity contribution < 1.29 is 23.8 Å². The maximum absolute atomic E-state index is 13.0. The predicted octanol–water partition coefficient (Wildman–Crippen LogP) is 3.20. The van der Waals surface area contributed by atoms with Gasteiger partial charge in [-0.05, 0) is 63.1 Å². The Hall–Kier alpha value is -2.18. The number of ether oxygens (including phenoxy) is 3. The van der Waals surface area contributed by atoms with E-state index in [0.717, 1.165) is 38.3 Å². The molecule has 1 aromatic carbocycles. The second-order valence-corrected chi connectivity index (χ2v) is 11.2. The lowest BCUT2D eigenvalue weighted by atomic mass is 9.37. The molecule has 6 unspecified atom stereocenters. The Morgan fingerprint density at radius 3 is 2.73 bits per heavy atom. The maximum Gasteiger partial charge on any atom is 0.308 e. The van der Waals surface area contributed by atoms with Gasteiger partial charge in [0.2, 0.25) is 0 Å². The van der Waals surface area contributed by atoms with E-state index in [-0.39, 0.29) is 34.6 Å². The molecular formula is C27H31NO5. The zero-order valence-electron chi connectivity index (χ0n) is 19.6. The van der Waals surface area contributed by atoms with Crippen molar-refractivity contribution in [3.05, 3.63) is 35.4 Å². The van der Waals surface area contributed by atoms with Crippen LogP contribution in [0.4, 0.5) is 0 Å². The highest BCUT2D eigenvalue weighted by atomic mass is 16.6. The van der Waals surface area contributed by atoms with Gasteiger partial charge in [-0.2, -0.15) is 0 Å². The van der Waals surface area contributed by atoms with Crippen molar-refractivity contribution >= 4 is 11.8 Å². The van der Waals surface area contributed by atoms with E-state index >= 15 is 0 Å². The minimum Gasteiger partial charge on any atom is -0.482 e. The average Bonchev–Trinajstić information content (AvgIpc) is 3.53. The number of nitrogens with zero attached hydrogens (tertiary/aromatic N) is 1. The first-order valence-corrected chi connectivity index (χ1v) is 12.4. The summed E-state index contributed by atoms with van der Waals surface area (Å²) < 4.78 is 18.7. The first kappa shape index (κ1) is 20.2. The van der Waals surface area contributed by atoms with E-state index in [1.54, 1.807) is 14.0 Å². The number of carbonyl (C=O) groups excluding carboxylic acids is 2. The third-order valence-electron chi connectivity index (χ3n) is 9.83. The fourth-order valence-corrected chi connectivity index (χ4v) is 8.46. The first-order chi connectivity index (χ1) is 15.9. The molecule has 2 heterocycles. The second kappa shape index (κ2) is 6.28. The molecule has 6 nitrogen and oxygen atoms in total. The van der Waals surface area contributed by atoms with E-state index in [0.29, 0.717) is 17.5 Å². The summed E-state index contributed by atoms with van der Waals surface area (Å²) in [6.07, 6.45) is 9.59. The highest BCUT2D eigenvalue weighted by Gasteiger charge is 2.79. The quantitative estimate of drug-likeness (QED) is 0.391. The minimum absolute atomic E-state index is 0.160. The van der Waals surface area contributed by atoms with Crippen molar-refractivity contribution in [2.24, 2.45) is 17.3 Å². The van der Waals surface area contributed by atoms with Crippen molar-refractivity contribution in [3.8, 4) is 11.5 Å². The molecule has 1 aromatic rings. The molecule has 0 radical (unpaired) electrons. The largest absolute Gasteiger partial charge is 0.482 e. The topological polar surface area (TPSA) is 65.1 Å². The fraction of sp³-hybridized carbons (Fsp3) is 0.630. The van der Waals surface area contributed by atoms with Crippen LogP contribution in [0.1, 0.15) is 50.7 Å². The van der Waals surface area contributed by atoms with Gasteiger partial charge >= 0.3 is 5.97 Å². The number of rotatable bonds is 5. The van der Waals surface area contributed by atoms with Crippen LogP contribution in [0.3, 0.4) is 0 Å². The lowest BCUT2D eigenvalue weighted by molar-refractivity contribution is -0.214. The van der Waals surface area contributed by atoms with Gasteiger partial charge in [0.05, 0.1) is 11.3 Å². The molecule has 5 aliphatic carbocycles. The van der Waals surface area contributed by atoms with Gasteiger partial charge in [0, 0.05) is 37.6 Å². The maximum atomic E-state index is 13.0. The molecule has 8 rings (SSSR count). The molecule has 2 spiro atoms. The summed E-state index contributed by atoms with van der Waals surface area (Å²) in [6, 6.07) is 4.36. The summed E-state index contributed by atoms with van der Waals surface area (Å²) in [4.78, 5) is 27.6. The van der Waals surface area contributed by atoms with Crippen LogP contribution >= 0.6 is 0 Å². The van der Waals surface area contributed by atoms with Crippen molar-refractivity contribution in [3.63, 3.8) is 0 Å². The standard InChI is InChI=1S/C27H31NO5/c1-15(29)19-13-25-8-9-27(19,31-3)24-26(25)10-11-28(14-17-4-5-17)21(25)12-18-6-7-20(32-16(2)30)23(33-24)22(18)26/h6-9,17,19,21,24H,4-5,10-14H2,1-3H3. The van der Waals surface area contributed by atoms with E-state index in [9.17, 15) is 9.59 Å². The summed E-state index contributed by atoms with van der Waals surface area (Å²) in [5.74, 6) is 1.56. The predicted molar refractivity (Wildman–Crippen MR) is 120 cm³/mol. The Balaban J connectivity index is 1.49. The molecule has 1 saturated heterocycles. The zero-order valence-corrected chi connectivity index (χ0v) is 19.6. The summed E-state index contributed by atoms with van der Waals surface area (Å²) >= 11 is 0. The van der Waals surface area contributed by atoms with E-state index in [2.05, 4.69) is 23.1 Å². The van der Waals surface area contributed by atoms with Crippen LogP contribution in [0, 0.1) is 17.3 Å². The third kappa shape index (κ3) is 2.23. The van der Waals surface area contributed by atoms with Gasteiger partial charge in [0.25, 0.3) is 0 Å². The van der Waals surface area contributed by atoms with Crippen molar-refractivity contribution in [1.29, 1.82) is 0 Å². The molecule has 0 N–H and O–H groups in total. The number of carbonyl (C=O) groups is 2. The molecule has 0 amide bonds. The molecule has 2 aliphatic heterocycles. The molecular weight excluding hydrogens is 418 g/mol. The number of fused-ring (bicyclic) bond motifs is 1. The normalized spacial score (nSPS) is 41.5. The first-order valence-electron chi connectivity index (χ1n) is 12.4. The monoisotopic (exact) mass is 449 g/mol. The number of hydrogen-bond donors (Lipinski definition) is 0. The Bertz CT molecular complexity index is 1120. The summed E-state index contributed by atoms with van der Waals surface area (Å²) in [5.41, 5.74) is 1.24. The van der Waals surface area contributed by atoms with E-state index in [1.165, 1.54) is 30.9 Å². The van der Waals surface area contributed by atoms with Gasteiger partial charge in [-0.15, -0.1) is 0 Å². The van der Waals surface area contributed by atoms with Gasteiger partial charge in [0.1, 0.15) is 17.5 Å². The molecule has 3 fully saturated rings. The minimum atomic E-state index is -0.808. The number of benzene rings is 1. The molecule has 0 aromatic heterocycles. The van der Waals surface area contributed by atoms with Crippen LogP contribution in [-0.4, -0.2) is 54.6 Å². The Labute approximate surface area is 194 Å². The lowest BCUT2D eigenvalue weighted by Gasteiger charge is -2.71. The SMILES string of the molecule is COC12C=CC3(CC1C(C)=O)C1Cc4ccc(OC(C)=O)c5c4C3(CCN1CC1CC1)C2O5. The van der Waals surface area contributed by atoms with Gasteiger partial charge in [0.15, 0.2) is 11.5 Å². The number of hydrogen-bond acceptors (Lipinski definition) is 6. The average molecular weight is 450 g/mol. The molecule has 33 heavy (non-hydrogen) atoms. The highest BCUT2D eigenvalue weighted by molar-refractivity contribution is 5.82. The van der Waals surface area contributed by atoms with Crippen molar-refractivity contribution in [1.82, 2.24) is 4.90 Å². The Kier molecular flexibility index (Phi) is 3.84. The number of methoxy groups -OCH3 is 1. The van der Waals surface area contributed by atoms with Crippen LogP contribution < -0.4 is 9.47 Å². The highest BCUT2D eigenvalue weighted by Crippen LogP contribution is 2.74. The van der Waals surface area contributed by atoms with E-state index in [4.69, 9.17) is 14.2 Å². The third-order valence-corrected chi connectivity index (χ3v) is 9.83. The van der Waals surface area contributed by atoms with Crippen molar-refractivity contribution in [2.75, 3.05) is 20.2 Å². The van der Waals surface area contributed by atoms with E-state index in [1.807, 2.05) is 6.07 Å². The van der Waals surface area contributed by atoms with Gasteiger partial charge in [-0.25, -0.2) is 0 Å². The van der Waals surface area contributed by atoms with Gasteiger partial charge in [-0.1, -0.05) is 18.2 Å². The lowest BCUT2D eigenvalue weighted by Crippen LogP contribution is -2.79. The summed E-state index contributed by atoms with van der Waals surface area (Å²) in [6.45, 7) is 5.29. The Morgan fingerprint density at radius 1 is 1.21 bits per heavy atom. The van der Waals surface area contributed by atoms with Crippen LogP contribution in [0.5, 0.6) is 11.5 Å². The van der Waals surface area contributed by atoms with Gasteiger partial charge in [-0.3, -0.25) is 14.5 Å². The van der Waals surface area contributed by atoms with Crippen LogP contribution in [0.15, 0.2) is 24.3 Å². The summed E-state index contributed by atoms with van der Waals surface area (Å²) in [5, 5.41) is 0.